The third kappa shape index (κ3) is 2.48. The average molecular weight is 274 g/mol. The molecule has 2 atom stereocenters. The van der Waals surface area contributed by atoms with Gasteiger partial charge in [0.1, 0.15) is 0 Å². The molecule has 1 aliphatic rings. The number of nitrogens with two attached hydrogens (primary N) is 1. The molecule has 2 N–H and O–H groups in total. The predicted octanol–water partition coefficient (Wildman–Crippen LogP) is 2.96. The van der Waals surface area contributed by atoms with Gasteiger partial charge in [-0.15, -0.1) is 11.8 Å². The second-order valence-electron chi connectivity index (χ2n) is 4.85. The highest BCUT2D eigenvalue weighted by Crippen LogP contribution is 2.37. The van der Waals surface area contributed by atoms with E-state index in [9.17, 15) is 0 Å². The maximum absolute atomic E-state index is 5.87. The lowest BCUT2D eigenvalue weighted by atomic mass is 10.1. The molecule has 1 fully saturated rings. The van der Waals surface area contributed by atoms with Crippen molar-refractivity contribution in [1.29, 1.82) is 0 Å². The van der Waals surface area contributed by atoms with Gasteiger partial charge in [0.2, 0.25) is 0 Å². The first-order chi connectivity index (χ1) is 9.29. The quantitative estimate of drug-likeness (QED) is 0.935. The van der Waals surface area contributed by atoms with Crippen molar-refractivity contribution in [3.63, 3.8) is 0 Å². The summed E-state index contributed by atoms with van der Waals surface area (Å²) < 4.78 is 5.66. The van der Waals surface area contributed by atoms with Crippen molar-refractivity contribution < 1.29 is 4.74 Å². The average Bonchev–Trinajstić information content (AvgIpc) is 2.85. The van der Waals surface area contributed by atoms with Crippen LogP contribution in [-0.2, 0) is 11.3 Å². The summed E-state index contributed by atoms with van der Waals surface area (Å²) in [6, 6.07) is 8.26. The van der Waals surface area contributed by atoms with Gasteiger partial charge in [-0.1, -0.05) is 18.2 Å². The molecular weight excluding hydrogens is 256 g/mol. The van der Waals surface area contributed by atoms with Crippen LogP contribution in [0.3, 0.4) is 0 Å². The van der Waals surface area contributed by atoms with Gasteiger partial charge in [-0.25, -0.2) is 0 Å². The van der Waals surface area contributed by atoms with Crippen LogP contribution in [0.5, 0.6) is 0 Å². The molecule has 1 saturated heterocycles. The summed E-state index contributed by atoms with van der Waals surface area (Å²) in [7, 11) is 0. The minimum atomic E-state index is 0.308. The number of hydrogen-bond acceptors (Lipinski definition) is 4. The number of rotatable bonds is 3. The minimum Gasteiger partial charge on any atom is -0.377 e. The fraction of sp³-hybridized carbons (Fsp3) is 0.400. The molecule has 0 spiro atoms. The van der Waals surface area contributed by atoms with Gasteiger partial charge in [0, 0.05) is 34.9 Å². The van der Waals surface area contributed by atoms with Crippen LogP contribution in [0.1, 0.15) is 18.9 Å². The Morgan fingerprint density at radius 2 is 2.26 bits per heavy atom. The van der Waals surface area contributed by atoms with E-state index in [1.54, 1.807) is 0 Å². The van der Waals surface area contributed by atoms with E-state index in [2.05, 4.69) is 24.0 Å². The number of ether oxygens (including phenoxy) is 1. The third-order valence-corrected chi connectivity index (χ3v) is 5.24. The number of aromatic nitrogens is 1. The van der Waals surface area contributed by atoms with Crippen molar-refractivity contribution in [3.8, 4) is 0 Å². The molecule has 1 aromatic heterocycles. The van der Waals surface area contributed by atoms with Crippen molar-refractivity contribution in [1.82, 2.24) is 4.98 Å². The lowest BCUT2D eigenvalue weighted by molar-refractivity contribution is 0.127. The van der Waals surface area contributed by atoms with Crippen molar-refractivity contribution in [2.45, 2.75) is 36.1 Å². The lowest BCUT2D eigenvalue weighted by Crippen LogP contribution is -2.14. The summed E-state index contributed by atoms with van der Waals surface area (Å²) in [6.07, 6.45) is 3.32. The molecule has 2 aromatic rings. The summed E-state index contributed by atoms with van der Waals surface area (Å²) in [4.78, 5) is 5.76. The summed E-state index contributed by atoms with van der Waals surface area (Å²) in [5.41, 5.74) is 8.03. The predicted molar refractivity (Wildman–Crippen MR) is 79.3 cm³/mol. The van der Waals surface area contributed by atoms with Gasteiger partial charge in [0.15, 0.2) is 0 Å². The molecule has 3 nitrogen and oxygen atoms in total. The van der Waals surface area contributed by atoms with Gasteiger partial charge < -0.3 is 10.5 Å². The molecule has 100 valence electrons. The van der Waals surface area contributed by atoms with E-state index in [-0.39, 0.29) is 0 Å². The van der Waals surface area contributed by atoms with E-state index in [1.165, 1.54) is 10.3 Å². The number of hydrogen-bond donors (Lipinski definition) is 1. The number of fused-ring (bicyclic) bond motifs is 1. The molecule has 3 rings (SSSR count). The largest absolute Gasteiger partial charge is 0.377 e. The van der Waals surface area contributed by atoms with Crippen molar-refractivity contribution >= 4 is 22.7 Å². The van der Waals surface area contributed by atoms with Crippen LogP contribution < -0.4 is 5.73 Å². The number of benzene rings is 1. The monoisotopic (exact) mass is 274 g/mol. The van der Waals surface area contributed by atoms with Gasteiger partial charge in [0.25, 0.3) is 0 Å². The SMILES string of the molecule is CC1OCCC1Sc1c(CN)cnc2ccccc12. The topological polar surface area (TPSA) is 48.1 Å². The molecule has 0 aliphatic carbocycles. The maximum Gasteiger partial charge on any atom is 0.0713 e. The van der Waals surface area contributed by atoms with E-state index in [0.717, 1.165) is 24.1 Å². The Hall–Kier alpha value is -1.10. The number of para-hydroxylation sites is 1. The van der Waals surface area contributed by atoms with E-state index >= 15 is 0 Å². The molecule has 0 amide bonds. The van der Waals surface area contributed by atoms with Crippen LogP contribution in [-0.4, -0.2) is 22.9 Å². The Bertz CT molecular complexity index is 587. The van der Waals surface area contributed by atoms with E-state index in [4.69, 9.17) is 10.5 Å². The summed E-state index contributed by atoms with van der Waals surface area (Å²) in [5.74, 6) is 0. The van der Waals surface area contributed by atoms with E-state index in [0.29, 0.717) is 17.9 Å². The van der Waals surface area contributed by atoms with E-state index in [1.807, 2.05) is 30.1 Å². The molecule has 1 aromatic carbocycles. The van der Waals surface area contributed by atoms with Crippen molar-refractivity contribution in [2.75, 3.05) is 6.61 Å². The molecule has 2 unspecified atom stereocenters. The Labute approximate surface area is 117 Å². The zero-order valence-corrected chi connectivity index (χ0v) is 11.8. The fourth-order valence-corrected chi connectivity index (χ4v) is 3.83. The first-order valence-electron chi connectivity index (χ1n) is 6.64. The highest BCUT2D eigenvalue weighted by atomic mass is 32.2. The molecule has 19 heavy (non-hydrogen) atoms. The van der Waals surface area contributed by atoms with Crippen LogP contribution in [0.2, 0.25) is 0 Å². The summed E-state index contributed by atoms with van der Waals surface area (Å²) in [6.45, 7) is 3.54. The fourth-order valence-electron chi connectivity index (χ4n) is 2.46. The van der Waals surface area contributed by atoms with E-state index < -0.39 is 0 Å². The summed E-state index contributed by atoms with van der Waals surface area (Å²) >= 11 is 1.89. The van der Waals surface area contributed by atoms with Crippen LogP contribution in [0, 0.1) is 0 Å². The highest BCUT2D eigenvalue weighted by molar-refractivity contribution is 8.00. The van der Waals surface area contributed by atoms with Gasteiger partial charge in [-0.3, -0.25) is 4.98 Å². The highest BCUT2D eigenvalue weighted by Gasteiger charge is 2.26. The second-order valence-corrected chi connectivity index (χ2v) is 6.10. The zero-order chi connectivity index (χ0) is 13.2. The molecule has 0 radical (unpaired) electrons. The lowest BCUT2D eigenvalue weighted by Gasteiger charge is -2.17. The Balaban J connectivity index is 2.04. The molecular formula is C15H18N2OS. The molecule has 0 bridgehead atoms. The van der Waals surface area contributed by atoms with Crippen LogP contribution in [0.25, 0.3) is 10.9 Å². The number of thioether (sulfide) groups is 1. The van der Waals surface area contributed by atoms with Crippen molar-refractivity contribution in [2.24, 2.45) is 5.73 Å². The first kappa shape index (κ1) is 12.9. The zero-order valence-electron chi connectivity index (χ0n) is 11.0. The standard InChI is InChI=1S/C15H18N2OS/c1-10-14(6-7-18-10)19-15-11(8-16)9-17-13-5-3-2-4-12(13)15/h2-5,9-10,14H,6-8,16H2,1H3. The Morgan fingerprint density at radius 3 is 3.00 bits per heavy atom. The molecule has 1 aliphatic heterocycles. The Kier molecular flexibility index (Phi) is 3.73. The number of nitrogens with zero attached hydrogens (tertiary/aromatic N) is 1. The maximum atomic E-state index is 5.87. The van der Waals surface area contributed by atoms with Crippen LogP contribution in [0.15, 0.2) is 35.4 Å². The Morgan fingerprint density at radius 1 is 1.42 bits per heavy atom. The smallest absolute Gasteiger partial charge is 0.0713 e. The molecule has 4 heteroatoms. The van der Waals surface area contributed by atoms with Crippen LogP contribution >= 0.6 is 11.8 Å². The van der Waals surface area contributed by atoms with Gasteiger partial charge in [-0.2, -0.15) is 0 Å². The minimum absolute atomic E-state index is 0.308. The number of pyridine rings is 1. The summed E-state index contributed by atoms with van der Waals surface area (Å²) in [5, 5.41) is 1.71. The first-order valence-corrected chi connectivity index (χ1v) is 7.52. The second kappa shape index (κ2) is 5.49. The van der Waals surface area contributed by atoms with Gasteiger partial charge >= 0.3 is 0 Å². The van der Waals surface area contributed by atoms with Crippen LogP contribution in [0.4, 0.5) is 0 Å². The van der Waals surface area contributed by atoms with Crippen molar-refractivity contribution in [3.05, 3.63) is 36.0 Å². The normalized spacial score (nSPS) is 23.1. The van der Waals surface area contributed by atoms with Gasteiger partial charge in [-0.05, 0) is 25.0 Å². The third-order valence-electron chi connectivity index (χ3n) is 3.60. The van der Waals surface area contributed by atoms with Gasteiger partial charge in [0.05, 0.1) is 11.6 Å². The molecule has 0 saturated carbocycles. The molecule has 2 heterocycles.